The molecule has 1 aromatic heterocycles. The van der Waals surface area contributed by atoms with Gasteiger partial charge in [-0.1, -0.05) is 0 Å². The minimum Gasteiger partial charge on any atom is -0.368 e. The van der Waals surface area contributed by atoms with Gasteiger partial charge in [0, 0.05) is 18.7 Å². The summed E-state index contributed by atoms with van der Waals surface area (Å²) in [5.41, 5.74) is 7.20. The van der Waals surface area contributed by atoms with Gasteiger partial charge in [0.05, 0.1) is 0 Å². The lowest BCUT2D eigenvalue weighted by Crippen LogP contribution is -2.21. The second kappa shape index (κ2) is 5.03. The Kier molecular flexibility index (Phi) is 3.22. The van der Waals surface area contributed by atoms with Crippen molar-refractivity contribution in [2.45, 2.75) is 19.8 Å². The molecule has 1 aliphatic heterocycles. The Hall–Kier alpha value is -2.24. The van der Waals surface area contributed by atoms with E-state index in [1.165, 1.54) is 12.1 Å². The molecule has 0 unspecified atom stereocenters. The molecule has 3 rings (SSSR count). The Morgan fingerprint density at radius 2 is 1.85 bits per heavy atom. The highest BCUT2D eigenvalue weighted by molar-refractivity contribution is 5.59. The Morgan fingerprint density at radius 3 is 2.55 bits per heavy atom. The molecule has 0 spiro atoms. The molecule has 104 valence electrons. The third-order valence-corrected chi connectivity index (χ3v) is 3.33. The fourth-order valence-electron chi connectivity index (χ4n) is 2.43. The van der Waals surface area contributed by atoms with Gasteiger partial charge in [-0.05, 0) is 43.5 Å². The third-order valence-electron chi connectivity index (χ3n) is 3.33. The molecule has 2 aromatic rings. The van der Waals surface area contributed by atoms with Crippen LogP contribution in [0.5, 0.6) is 0 Å². The number of nitrogens with two attached hydrogens (primary N) is 1. The number of aryl methyl sites for hydroxylation is 1. The maximum Gasteiger partial charge on any atom is 0.230 e. The van der Waals surface area contributed by atoms with Gasteiger partial charge in [-0.2, -0.15) is 15.0 Å². The minimum absolute atomic E-state index is 0.166. The third kappa shape index (κ3) is 2.54. The number of hydrogen-bond acceptors (Lipinski definition) is 5. The van der Waals surface area contributed by atoms with Gasteiger partial charge in [-0.3, -0.25) is 0 Å². The molecule has 20 heavy (non-hydrogen) atoms. The Bertz CT molecular complexity index is 617. The van der Waals surface area contributed by atoms with Gasteiger partial charge in [0.2, 0.25) is 11.9 Å². The average molecular weight is 273 g/mol. The molecule has 0 radical (unpaired) electrons. The van der Waals surface area contributed by atoms with Gasteiger partial charge in [0.1, 0.15) is 5.82 Å². The number of rotatable bonds is 2. The van der Waals surface area contributed by atoms with Gasteiger partial charge >= 0.3 is 0 Å². The predicted octanol–water partition coefficient (Wildman–Crippen LogP) is 2.17. The van der Waals surface area contributed by atoms with Crippen LogP contribution in [0.25, 0.3) is 11.4 Å². The maximum atomic E-state index is 13.5. The van der Waals surface area contributed by atoms with Crippen LogP contribution in [-0.4, -0.2) is 28.0 Å². The van der Waals surface area contributed by atoms with Gasteiger partial charge in [-0.25, -0.2) is 4.39 Å². The van der Waals surface area contributed by atoms with Crippen LogP contribution in [0, 0.1) is 12.7 Å². The van der Waals surface area contributed by atoms with Crippen LogP contribution < -0.4 is 10.6 Å². The number of halogens is 1. The van der Waals surface area contributed by atoms with E-state index in [1.54, 1.807) is 0 Å². The van der Waals surface area contributed by atoms with E-state index in [1.807, 2.05) is 13.0 Å². The zero-order chi connectivity index (χ0) is 14.1. The number of aromatic nitrogens is 3. The molecule has 2 N–H and O–H groups in total. The van der Waals surface area contributed by atoms with E-state index in [0.717, 1.165) is 31.5 Å². The summed E-state index contributed by atoms with van der Waals surface area (Å²) in [4.78, 5) is 14.8. The first-order valence-corrected chi connectivity index (χ1v) is 6.66. The molecule has 1 aliphatic rings. The number of nitrogen functional groups attached to an aromatic ring is 1. The Morgan fingerprint density at radius 1 is 1.10 bits per heavy atom. The highest BCUT2D eigenvalue weighted by Crippen LogP contribution is 2.22. The summed E-state index contributed by atoms with van der Waals surface area (Å²) in [6.45, 7) is 3.68. The molecular weight excluding hydrogens is 257 g/mol. The predicted molar refractivity (Wildman–Crippen MR) is 75.8 cm³/mol. The molecule has 0 atom stereocenters. The van der Waals surface area contributed by atoms with E-state index in [0.29, 0.717) is 17.3 Å². The van der Waals surface area contributed by atoms with Crippen LogP contribution in [0.2, 0.25) is 0 Å². The van der Waals surface area contributed by atoms with Crippen molar-refractivity contribution in [3.63, 3.8) is 0 Å². The normalized spacial score (nSPS) is 14.8. The highest BCUT2D eigenvalue weighted by Gasteiger charge is 2.17. The van der Waals surface area contributed by atoms with Crippen molar-refractivity contribution >= 4 is 11.9 Å². The summed E-state index contributed by atoms with van der Waals surface area (Å²) in [7, 11) is 0. The van der Waals surface area contributed by atoms with Crippen LogP contribution >= 0.6 is 0 Å². The van der Waals surface area contributed by atoms with Crippen molar-refractivity contribution in [3.8, 4) is 11.4 Å². The lowest BCUT2D eigenvalue weighted by molar-refractivity contribution is 0.627. The topological polar surface area (TPSA) is 67.9 Å². The quantitative estimate of drug-likeness (QED) is 0.908. The van der Waals surface area contributed by atoms with E-state index < -0.39 is 0 Å². The molecule has 6 heteroatoms. The largest absolute Gasteiger partial charge is 0.368 e. The SMILES string of the molecule is Cc1cc(F)cc(-c2nc(N)nc(N3CCCC3)n2)c1. The van der Waals surface area contributed by atoms with E-state index in [9.17, 15) is 4.39 Å². The molecular formula is C14H16FN5. The average Bonchev–Trinajstić information content (AvgIpc) is 2.90. The molecule has 0 saturated carbocycles. The van der Waals surface area contributed by atoms with E-state index in [-0.39, 0.29) is 11.8 Å². The summed E-state index contributed by atoms with van der Waals surface area (Å²) >= 11 is 0. The summed E-state index contributed by atoms with van der Waals surface area (Å²) in [5.74, 6) is 0.856. The number of hydrogen-bond donors (Lipinski definition) is 1. The van der Waals surface area contributed by atoms with Crippen LogP contribution in [-0.2, 0) is 0 Å². The van der Waals surface area contributed by atoms with E-state index in [4.69, 9.17) is 5.73 Å². The van der Waals surface area contributed by atoms with Crippen molar-refractivity contribution in [2.24, 2.45) is 0 Å². The number of benzene rings is 1. The maximum absolute atomic E-state index is 13.5. The molecule has 1 saturated heterocycles. The van der Waals surface area contributed by atoms with Crippen LogP contribution in [0.3, 0.4) is 0 Å². The van der Waals surface area contributed by atoms with E-state index in [2.05, 4.69) is 19.9 Å². The fourth-order valence-corrected chi connectivity index (χ4v) is 2.43. The molecule has 1 aromatic carbocycles. The van der Waals surface area contributed by atoms with Gasteiger partial charge in [0.15, 0.2) is 5.82 Å². The molecule has 1 fully saturated rings. The van der Waals surface area contributed by atoms with Crippen LogP contribution in [0.4, 0.5) is 16.3 Å². The van der Waals surface area contributed by atoms with Gasteiger partial charge in [-0.15, -0.1) is 0 Å². The Balaban J connectivity index is 2.04. The smallest absolute Gasteiger partial charge is 0.230 e. The van der Waals surface area contributed by atoms with Gasteiger partial charge in [0.25, 0.3) is 0 Å². The van der Waals surface area contributed by atoms with Crippen molar-refractivity contribution < 1.29 is 4.39 Å². The fraction of sp³-hybridized carbons (Fsp3) is 0.357. The first-order valence-electron chi connectivity index (χ1n) is 6.66. The lowest BCUT2D eigenvalue weighted by Gasteiger charge is -2.15. The van der Waals surface area contributed by atoms with Crippen LogP contribution in [0.15, 0.2) is 18.2 Å². The van der Waals surface area contributed by atoms with Crippen molar-refractivity contribution in [1.29, 1.82) is 0 Å². The second-order valence-corrected chi connectivity index (χ2v) is 5.03. The van der Waals surface area contributed by atoms with Crippen molar-refractivity contribution in [2.75, 3.05) is 23.7 Å². The molecule has 0 amide bonds. The zero-order valence-electron chi connectivity index (χ0n) is 11.3. The number of nitrogens with zero attached hydrogens (tertiary/aromatic N) is 4. The van der Waals surface area contributed by atoms with Crippen molar-refractivity contribution in [1.82, 2.24) is 15.0 Å². The first kappa shape index (κ1) is 12.8. The summed E-state index contributed by atoms with van der Waals surface area (Å²) in [6, 6.07) is 4.72. The lowest BCUT2D eigenvalue weighted by atomic mass is 10.1. The summed E-state index contributed by atoms with van der Waals surface area (Å²) in [5, 5.41) is 0. The highest BCUT2D eigenvalue weighted by atomic mass is 19.1. The summed E-state index contributed by atoms with van der Waals surface area (Å²) in [6.07, 6.45) is 2.25. The molecule has 0 bridgehead atoms. The zero-order valence-corrected chi connectivity index (χ0v) is 11.3. The van der Waals surface area contributed by atoms with E-state index >= 15 is 0 Å². The second-order valence-electron chi connectivity index (χ2n) is 5.03. The monoisotopic (exact) mass is 273 g/mol. The van der Waals surface area contributed by atoms with Crippen LogP contribution in [0.1, 0.15) is 18.4 Å². The molecule has 5 nitrogen and oxygen atoms in total. The van der Waals surface area contributed by atoms with Crippen molar-refractivity contribution in [3.05, 3.63) is 29.6 Å². The summed E-state index contributed by atoms with van der Waals surface area (Å²) < 4.78 is 13.5. The minimum atomic E-state index is -0.304. The standard InChI is InChI=1S/C14H16FN5/c1-9-6-10(8-11(15)7-9)12-17-13(16)19-14(18-12)20-4-2-3-5-20/h6-8H,2-5H2,1H3,(H2,16,17,18,19). The Labute approximate surface area is 116 Å². The first-order chi connectivity index (χ1) is 9.61. The van der Waals surface area contributed by atoms with Gasteiger partial charge < -0.3 is 10.6 Å². The molecule has 2 heterocycles. The molecule has 0 aliphatic carbocycles. The number of anilines is 2.